The molecule has 2 unspecified atom stereocenters. The van der Waals surface area contributed by atoms with Gasteiger partial charge >= 0.3 is 0 Å². The Morgan fingerprint density at radius 3 is 3.10 bits per heavy atom. The van der Waals surface area contributed by atoms with Crippen LogP contribution in [0.25, 0.3) is 5.78 Å². The second-order valence-corrected chi connectivity index (χ2v) is 6.65. The Labute approximate surface area is 123 Å². The maximum atomic E-state index is 4.49. The predicted molar refractivity (Wildman–Crippen MR) is 83.3 cm³/mol. The van der Waals surface area contributed by atoms with Gasteiger partial charge in [-0.25, -0.2) is 4.98 Å². The number of rotatable bonds is 5. The van der Waals surface area contributed by atoms with Crippen LogP contribution in [-0.4, -0.2) is 36.6 Å². The Balaban J connectivity index is 1.87. The van der Waals surface area contributed by atoms with Gasteiger partial charge in [0, 0.05) is 23.1 Å². The maximum absolute atomic E-state index is 4.49. The number of hydrogen-bond acceptors (Lipinski definition) is 5. The first kappa shape index (κ1) is 13.7. The molecule has 1 N–H and O–H groups in total. The summed E-state index contributed by atoms with van der Waals surface area (Å²) in [6.45, 7) is 4.35. The van der Waals surface area contributed by atoms with Gasteiger partial charge in [0.15, 0.2) is 0 Å². The van der Waals surface area contributed by atoms with Gasteiger partial charge in [0.05, 0.1) is 0 Å². The van der Waals surface area contributed by atoms with Gasteiger partial charge in [-0.1, -0.05) is 20.3 Å². The highest BCUT2D eigenvalue weighted by atomic mass is 32.2. The van der Waals surface area contributed by atoms with Crippen molar-refractivity contribution in [1.29, 1.82) is 0 Å². The molecule has 5 nitrogen and oxygen atoms in total. The van der Waals surface area contributed by atoms with Crippen LogP contribution in [0.2, 0.25) is 0 Å². The SMILES string of the molecule is CCSC1CCCC1Nc1cc(CC)nc2ncnn12. The zero-order valence-corrected chi connectivity index (χ0v) is 12.9. The highest BCUT2D eigenvalue weighted by Crippen LogP contribution is 2.32. The van der Waals surface area contributed by atoms with E-state index in [4.69, 9.17) is 0 Å². The maximum Gasteiger partial charge on any atom is 0.254 e. The third-order valence-corrected chi connectivity index (χ3v) is 5.16. The molecule has 2 aromatic heterocycles. The summed E-state index contributed by atoms with van der Waals surface area (Å²) in [5.74, 6) is 2.89. The lowest BCUT2D eigenvalue weighted by Crippen LogP contribution is -2.27. The van der Waals surface area contributed by atoms with E-state index in [1.165, 1.54) is 25.0 Å². The zero-order valence-electron chi connectivity index (χ0n) is 12.0. The van der Waals surface area contributed by atoms with Crippen LogP contribution in [0.4, 0.5) is 5.82 Å². The number of nitrogens with one attached hydrogen (secondary N) is 1. The summed E-state index contributed by atoms with van der Waals surface area (Å²) in [6.07, 6.45) is 6.33. The third kappa shape index (κ3) is 2.61. The average Bonchev–Trinajstić information content (AvgIpc) is 3.08. The topological polar surface area (TPSA) is 55.1 Å². The molecule has 0 bridgehead atoms. The molecule has 3 rings (SSSR count). The molecule has 108 valence electrons. The Bertz CT molecular complexity index is 582. The van der Waals surface area contributed by atoms with E-state index in [0.29, 0.717) is 17.1 Å². The number of thioether (sulfide) groups is 1. The van der Waals surface area contributed by atoms with Gasteiger partial charge in [0.2, 0.25) is 0 Å². The average molecular weight is 291 g/mol. The van der Waals surface area contributed by atoms with Crippen molar-refractivity contribution in [2.24, 2.45) is 0 Å². The fraction of sp³-hybridized carbons (Fsp3) is 0.643. The first-order valence-corrected chi connectivity index (χ1v) is 8.44. The van der Waals surface area contributed by atoms with Crippen molar-refractivity contribution in [1.82, 2.24) is 19.6 Å². The monoisotopic (exact) mass is 291 g/mol. The van der Waals surface area contributed by atoms with Gasteiger partial charge in [-0.2, -0.15) is 26.4 Å². The molecule has 0 aliphatic heterocycles. The predicted octanol–water partition coefficient (Wildman–Crippen LogP) is 2.77. The summed E-state index contributed by atoms with van der Waals surface area (Å²) in [5.41, 5.74) is 1.06. The van der Waals surface area contributed by atoms with Crippen LogP contribution < -0.4 is 5.32 Å². The van der Waals surface area contributed by atoms with Crippen LogP contribution in [0.15, 0.2) is 12.4 Å². The molecule has 2 atom stereocenters. The number of aromatic nitrogens is 4. The number of hydrogen-bond donors (Lipinski definition) is 1. The fourth-order valence-corrected chi connectivity index (χ4v) is 4.04. The van der Waals surface area contributed by atoms with Crippen molar-refractivity contribution in [2.75, 3.05) is 11.1 Å². The summed E-state index contributed by atoms with van der Waals surface area (Å²) in [7, 11) is 0. The lowest BCUT2D eigenvalue weighted by molar-refractivity contribution is 0.749. The molecule has 1 saturated carbocycles. The van der Waals surface area contributed by atoms with Crippen LogP contribution in [0.5, 0.6) is 0 Å². The number of fused-ring (bicyclic) bond motifs is 1. The highest BCUT2D eigenvalue weighted by Gasteiger charge is 2.27. The van der Waals surface area contributed by atoms with Gasteiger partial charge < -0.3 is 5.32 Å². The number of aryl methyl sites for hydroxylation is 1. The van der Waals surface area contributed by atoms with E-state index >= 15 is 0 Å². The summed E-state index contributed by atoms with van der Waals surface area (Å²) in [5, 5.41) is 8.67. The largest absolute Gasteiger partial charge is 0.366 e. The molecule has 2 heterocycles. The smallest absolute Gasteiger partial charge is 0.254 e. The van der Waals surface area contributed by atoms with Crippen LogP contribution in [0, 0.1) is 0 Å². The van der Waals surface area contributed by atoms with Gasteiger partial charge in [-0.3, -0.25) is 0 Å². The molecule has 0 spiro atoms. The standard InChI is InChI=1S/C14H21N5S/c1-3-10-8-13(19-14(17-10)15-9-16-19)18-11-6-5-7-12(11)20-4-2/h8-9,11-12,18H,3-7H2,1-2H3. The Hall–Kier alpha value is -1.30. The molecule has 20 heavy (non-hydrogen) atoms. The second-order valence-electron chi connectivity index (χ2n) is 5.13. The Morgan fingerprint density at radius 1 is 1.40 bits per heavy atom. The van der Waals surface area contributed by atoms with Crippen molar-refractivity contribution in [3.8, 4) is 0 Å². The van der Waals surface area contributed by atoms with E-state index in [0.717, 1.165) is 17.9 Å². The molecule has 0 aromatic carbocycles. The van der Waals surface area contributed by atoms with Crippen molar-refractivity contribution in [3.05, 3.63) is 18.1 Å². The number of anilines is 1. The van der Waals surface area contributed by atoms with E-state index in [1.54, 1.807) is 6.33 Å². The minimum atomic E-state index is 0.527. The molecule has 1 aliphatic carbocycles. The van der Waals surface area contributed by atoms with E-state index in [9.17, 15) is 0 Å². The first-order valence-electron chi connectivity index (χ1n) is 7.39. The molecule has 2 aromatic rings. The van der Waals surface area contributed by atoms with Crippen LogP contribution >= 0.6 is 11.8 Å². The van der Waals surface area contributed by atoms with Crippen LogP contribution in [0.1, 0.15) is 38.8 Å². The zero-order chi connectivity index (χ0) is 13.9. The van der Waals surface area contributed by atoms with E-state index < -0.39 is 0 Å². The Kier molecular flexibility index (Phi) is 4.10. The van der Waals surface area contributed by atoms with Crippen molar-refractivity contribution in [3.63, 3.8) is 0 Å². The minimum absolute atomic E-state index is 0.527. The summed E-state index contributed by atoms with van der Waals surface area (Å²) < 4.78 is 1.81. The summed E-state index contributed by atoms with van der Waals surface area (Å²) in [4.78, 5) is 8.70. The molecule has 6 heteroatoms. The molecular weight excluding hydrogens is 270 g/mol. The summed E-state index contributed by atoms with van der Waals surface area (Å²) >= 11 is 2.06. The van der Waals surface area contributed by atoms with Crippen molar-refractivity contribution < 1.29 is 0 Å². The first-order chi connectivity index (χ1) is 9.81. The quantitative estimate of drug-likeness (QED) is 0.918. The third-order valence-electron chi connectivity index (χ3n) is 3.83. The number of nitrogens with zero attached hydrogens (tertiary/aromatic N) is 4. The molecule has 0 radical (unpaired) electrons. The molecular formula is C14H21N5S. The van der Waals surface area contributed by atoms with E-state index in [2.05, 4.69) is 52.1 Å². The van der Waals surface area contributed by atoms with E-state index in [-0.39, 0.29) is 0 Å². The lowest BCUT2D eigenvalue weighted by Gasteiger charge is -2.21. The Morgan fingerprint density at radius 2 is 2.30 bits per heavy atom. The van der Waals surface area contributed by atoms with Gasteiger partial charge in [-0.05, 0) is 25.0 Å². The molecule has 0 saturated heterocycles. The van der Waals surface area contributed by atoms with Crippen LogP contribution in [-0.2, 0) is 6.42 Å². The lowest BCUT2D eigenvalue weighted by atomic mass is 10.2. The molecule has 1 fully saturated rings. The van der Waals surface area contributed by atoms with Crippen LogP contribution in [0.3, 0.4) is 0 Å². The molecule has 0 amide bonds. The normalized spacial score (nSPS) is 22.5. The van der Waals surface area contributed by atoms with Crippen molar-refractivity contribution in [2.45, 2.75) is 50.8 Å². The molecule has 1 aliphatic rings. The van der Waals surface area contributed by atoms with Gasteiger partial charge in [0.1, 0.15) is 12.1 Å². The highest BCUT2D eigenvalue weighted by molar-refractivity contribution is 7.99. The van der Waals surface area contributed by atoms with E-state index in [1.807, 2.05) is 4.52 Å². The fourth-order valence-electron chi connectivity index (χ4n) is 2.84. The summed E-state index contributed by atoms with van der Waals surface area (Å²) in [6, 6.07) is 2.63. The van der Waals surface area contributed by atoms with Crippen molar-refractivity contribution >= 4 is 23.4 Å². The minimum Gasteiger partial charge on any atom is -0.366 e. The van der Waals surface area contributed by atoms with Gasteiger partial charge in [0.25, 0.3) is 5.78 Å². The second kappa shape index (κ2) is 5.99. The van der Waals surface area contributed by atoms with Gasteiger partial charge in [-0.15, -0.1) is 0 Å².